The van der Waals surface area contributed by atoms with Gasteiger partial charge in [-0.25, -0.2) is 15.0 Å². The highest BCUT2D eigenvalue weighted by atomic mass is 127. The molecule has 3 aromatic rings. The van der Waals surface area contributed by atoms with E-state index in [0.717, 1.165) is 9.13 Å². The molecule has 15 heteroatoms. The molecule has 1 atom stereocenters. The van der Waals surface area contributed by atoms with Gasteiger partial charge in [0, 0.05) is 17.8 Å². The molecule has 3 aromatic carbocycles. The SMILES string of the molecule is CCOC(=O)C1=C(C)NC(=O)N[C@@H]1c1ccc(OCC(=O)N/N=C\c2ccc(OCc3ccc([N+](=O)[O-])cc3)c(I)c2)c(OC)c1. The first-order chi connectivity index (χ1) is 22.1. The summed E-state index contributed by atoms with van der Waals surface area (Å²) in [5.74, 6) is 0.0942. The van der Waals surface area contributed by atoms with E-state index >= 15 is 0 Å². The lowest BCUT2D eigenvalue weighted by Gasteiger charge is -2.28. The minimum absolute atomic E-state index is 0.0133. The van der Waals surface area contributed by atoms with Crippen molar-refractivity contribution in [2.24, 2.45) is 5.10 Å². The van der Waals surface area contributed by atoms with Crippen molar-refractivity contribution in [1.82, 2.24) is 16.1 Å². The van der Waals surface area contributed by atoms with Gasteiger partial charge >= 0.3 is 12.0 Å². The molecule has 1 aliphatic rings. The first-order valence-corrected chi connectivity index (χ1v) is 14.9. The maximum Gasteiger partial charge on any atom is 0.338 e. The van der Waals surface area contributed by atoms with E-state index in [1.54, 1.807) is 56.3 Å². The largest absolute Gasteiger partial charge is 0.493 e. The van der Waals surface area contributed by atoms with Crippen LogP contribution in [0, 0.1) is 13.7 Å². The van der Waals surface area contributed by atoms with E-state index in [2.05, 4.69) is 43.8 Å². The zero-order chi connectivity index (χ0) is 33.2. The fraction of sp³-hybridized carbons (Fsp3) is 0.226. The van der Waals surface area contributed by atoms with Gasteiger partial charge in [-0.1, -0.05) is 6.07 Å². The van der Waals surface area contributed by atoms with Gasteiger partial charge in [0.05, 0.1) is 40.0 Å². The Labute approximate surface area is 277 Å². The summed E-state index contributed by atoms with van der Waals surface area (Å²) in [6.07, 6.45) is 1.47. The first kappa shape index (κ1) is 33.7. The molecular weight excluding hydrogens is 713 g/mol. The summed E-state index contributed by atoms with van der Waals surface area (Å²) in [6.45, 7) is 3.36. The van der Waals surface area contributed by atoms with Gasteiger partial charge in [0.15, 0.2) is 18.1 Å². The number of methoxy groups -OCH3 is 1. The Hall–Kier alpha value is -5.19. The molecule has 0 aliphatic carbocycles. The molecule has 3 amide bonds. The van der Waals surface area contributed by atoms with E-state index in [4.69, 9.17) is 18.9 Å². The van der Waals surface area contributed by atoms with Crippen molar-refractivity contribution in [2.75, 3.05) is 20.3 Å². The van der Waals surface area contributed by atoms with Crippen LogP contribution in [0.4, 0.5) is 10.5 Å². The number of urea groups is 1. The zero-order valence-corrected chi connectivity index (χ0v) is 27.2. The lowest BCUT2D eigenvalue weighted by atomic mass is 9.95. The number of amides is 3. The number of non-ortho nitro benzene ring substituents is 1. The molecule has 1 aliphatic heterocycles. The molecular formula is C31H30IN5O9. The summed E-state index contributed by atoms with van der Waals surface area (Å²) in [5, 5.41) is 20.1. The van der Waals surface area contributed by atoms with Gasteiger partial charge in [0.2, 0.25) is 0 Å². The predicted molar refractivity (Wildman–Crippen MR) is 175 cm³/mol. The molecule has 0 saturated carbocycles. The molecule has 14 nitrogen and oxygen atoms in total. The van der Waals surface area contributed by atoms with Crippen molar-refractivity contribution in [2.45, 2.75) is 26.5 Å². The van der Waals surface area contributed by atoms with Gasteiger partial charge in [0.1, 0.15) is 12.4 Å². The van der Waals surface area contributed by atoms with Gasteiger partial charge in [-0.3, -0.25) is 14.9 Å². The number of carbonyl (C=O) groups is 3. The number of halogens is 1. The number of nitrogens with one attached hydrogen (secondary N) is 3. The number of carbonyl (C=O) groups excluding carboxylic acids is 3. The summed E-state index contributed by atoms with van der Waals surface area (Å²) >= 11 is 2.12. The van der Waals surface area contributed by atoms with Crippen LogP contribution in [-0.4, -0.2) is 49.4 Å². The number of nitrogens with zero attached hydrogens (tertiary/aromatic N) is 2. The Balaban J connectivity index is 1.32. The molecule has 1 heterocycles. The maximum absolute atomic E-state index is 12.6. The number of nitro benzene ring substituents is 1. The van der Waals surface area contributed by atoms with Crippen LogP contribution in [0.3, 0.4) is 0 Å². The van der Waals surface area contributed by atoms with Crippen LogP contribution < -0.4 is 30.3 Å². The van der Waals surface area contributed by atoms with E-state index in [9.17, 15) is 24.5 Å². The van der Waals surface area contributed by atoms with Crippen molar-refractivity contribution < 1.29 is 38.3 Å². The van der Waals surface area contributed by atoms with E-state index in [-0.39, 0.29) is 42.6 Å². The molecule has 0 unspecified atom stereocenters. The second-order valence-corrected chi connectivity index (χ2v) is 10.8. The van der Waals surface area contributed by atoms with E-state index in [1.807, 2.05) is 6.07 Å². The van der Waals surface area contributed by atoms with Gasteiger partial charge in [-0.15, -0.1) is 0 Å². The molecule has 4 rings (SSSR count). The van der Waals surface area contributed by atoms with Gasteiger partial charge in [-0.2, -0.15) is 5.10 Å². The summed E-state index contributed by atoms with van der Waals surface area (Å²) < 4.78 is 22.9. The average Bonchev–Trinajstić information content (AvgIpc) is 3.03. The predicted octanol–water partition coefficient (Wildman–Crippen LogP) is 4.51. The number of hydrogen-bond acceptors (Lipinski definition) is 10. The molecule has 0 aromatic heterocycles. The Bertz CT molecular complexity index is 1690. The molecule has 46 heavy (non-hydrogen) atoms. The van der Waals surface area contributed by atoms with Crippen molar-refractivity contribution in [1.29, 1.82) is 0 Å². The third-order valence-corrected chi connectivity index (χ3v) is 7.39. The van der Waals surface area contributed by atoms with Crippen molar-refractivity contribution in [3.63, 3.8) is 0 Å². The Kier molecular flexibility index (Phi) is 11.5. The first-order valence-electron chi connectivity index (χ1n) is 13.8. The number of allylic oxidation sites excluding steroid dienone is 1. The quantitative estimate of drug-likeness (QED) is 0.0747. The number of benzene rings is 3. The van der Waals surface area contributed by atoms with Crippen LogP contribution in [0.15, 0.2) is 77.0 Å². The maximum atomic E-state index is 12.6. The fourth-order valence-electron chi connectivity index (χ4n) is 4.35. The lowest BCUT2D eigenvalue weighted by molar-refractivity contribution is -0.384. The number of nitro groups is 1. The average molecular weight is 744 g/mol. The van der Waals surface area contributed by atoms with Crippen molar-refractivity contribution in [3.8, 4) is 17.2 Å². The van der Waals surface area contributed by atoms with Crippen LogP contribution in [0.1, 0.15) is 36.6 Å². The van der Waals surface area contributed by atoms with Crippen LogP contribution in [0.25, 0.3) is 0 Å². The highest BCUT2D eigenvalue weighted by molar-refractivity contribution is 14.1. The van der Waals surface area contributed by atoms with E-state index in [1.165, 1.54) is 25.5 Å². The molecule has 0 fully saturated rings. The van der Waals surface area contributed by atoms with Crippen LogP contribution in [-0.2, 0) is 20.9 Å². The monoisotopic (exact) mass is 743 g/mol. The number of hydrazone groups is 1. The van der Waals surface area contributed by atoms with Gasteiger partial charge < -0.3 is 29.6 Å². The summed E-state index contributed by atoms with van der Waals surface area (Å²) in [6, 6.07) is 15.1. The zero-order valence-electron chi connectivity index (χ0n) is 25.0. The minimum Gasteiger partial charge on any atom is -0.493 e. The number of esters is 1. The summed E-state index contributed by atoms with van der Waals surface area (Å²) in [7, 11) is 1.43. The fourth-order valence-corrected chi connectivity index (χ4v) is 5.05. The normalized spacial score (nSPS) is 14.3. The van der Waals surface area contributed by atoms with Crippen molar-refractivity contribution in [3.05, 3.63) is 102 Å². The number of rotatable bonds is 13. The topological polar surface area (TPSA) is 180 Å². The van der Waals surface area contributed by atoms with Crippen molar-refractivity contribution >= 4 is 52.4 Å². The molecule has 0 saturated heterocycles. The van der Waals surface area contributed by atoms with Gasteiger partial charge in [-0.05, 0) is 95.6 Å². The third kappa shape index (κ3) is 8.71. The van der Waals surface area contributed by atoms with Gasteiger partial charge in [0.25, 0.3) is 11.6 Å². The highest BCUT2D eigenvalue weighted by Gasteiger charge is 2.32. The molecule has 0 bridgehead atoms. The van der Waals surface area contributed by atoms with Crippen LogP contribution >= 0.6 is 22.6 Å². The van der Waals surface area contributed by atoms with E-state index in [0.29, 0.717) is 22.6 Å². The third-order valence-electron chi connectivity index (χ3n) is 6.54. The number of ether oxygens (including phenoxy) is 4. The second-order valence-electron chi connectivity index (χ2n) is 9.68. The molecule has 0 spiro atoms. The molecule has 3 N–H and O–H groups in total. The second kappa shape index (κ2) is 15.7. The Morgan fingerprint density at radius 3 is 2.48 bits per heavy atom. The van der Waals surface area contributed by atoms with E-state index < -0.39 is 28.9 Å². The molecule has 0 radical (unpaired) electrons. The number of hydrogen-bond donors (Lipinski definition) is 3. The van der Waals surface area contributed by atoms with Crippen LogP contribution in [0.5, 0.6) is 17.2 Å². The highest BCUT2D eigenvalue weighted by Crippen LogP contribution is 2.34. The smallest absolute Gasteiger partial charge is 0.338 e. The Morgan fingerprint density at radius 1 is 1.07 bits per heavy atom. The molecule has 240 valence electrons. The standard InChI is InChI=1S/C31H30IN5O9/c1-4-44-30(39)28-18(2)34-31(40)35-29(28)21-8-12-25(26(14-21)43-3)46-17-27(38)36-33-15-20-7-11-24(23(32)13-20)45-16-19-5-9-22(10-6-19)37(41)42/h5-15,29H,4,16-17H2,1-3H3,(H,36,38)(H2,34,35,40)/b33-15-/t29-/m1/s1. The summed E-state index contributed by atoms with van der Waals surface area (Å²) in [5.41, 5.74) is 5.10. The Morgan fingerprint density at radius 2 is 1.80 bits per heavy atom. The minimum atomic E-state index is -0.785. The van der Waals surface area contributed by atoms with Crippen LogP contribution in [0.2, 0.25) is 0 Å². The lowest BCUT2D eigenvalue weighted by Crippen LogP contribution is -2.45. The summed E-state index contributed by atoms with van der Waals surface area (Å²) in [4.78, 5) is 47.5.